The molecule has 0 saturated carbocycles. The average molecular weight is 214 g/mol. The van der Waals surface area contributed by atoms with Crippen LogP contribution in [0.1, 0.15) is 37.9 Å². The molecule has 3 N–H and O–H groups in total. The van der Waals surface area contributed by atoms with Gasteiger partial charge in [0.25, 0.3) is 0 Å². The lowest BCUT2D eigenvalue weighted by molar-refractivity contribution is 0.165. The Kier molecular flexibility index (Phi) is 4.61. The molecule has 14 heavy (non-hydrogen) atoms. The van der Waals surface area contributed by atoms with Crippen molar-refractivity contribution >= 4 is 23.9 Å². The van der Waals surface area contributed by atoms with Gasteiger partial charge in [0.2, 0.25) is 0 Å². The number of rotatable bonds is 5. The van der Waals surface area contributed by atoms with Crippen molar-refractivity contribution < 1.29 is 15.2 Å². The van der Waals surface area contributed by atoms with Crippen LogP contribution in [-0.2, 0) is 0 Å². The van der Waals surface area contributed by atoms with Crippen LogP contribution in [-0.4, -0.2) is 22.3 Å². The van der Waals surface area contributed by atoms with Crippen molar-refractivity contribution in [3.8, 4) is 0 Å². The van der Waals surface area contributed by atoms with Crippen molar-refractivity contribution in [2.45, 2.75) is 32.3 Å². The van der Waals surface area contributed by atoms with Gasteiger partial charge in [0, 0.05) is 0 Å². The zero-order valence-electron chi connectivity index (χ0n) is 8.18. The largest absolute Gasteiger partial charge is 0.489 e. The van der Waals surface area contributed by atoms with Gasteiger partial charge in [-0.25, -0.2) is 0 Å². The molecule has 3 nitrogen and oxygen atoms in total. The Morgan fingerprint density at radius 1 is 1.43 bits per heavy atom. The van der Waals surface area contributed by atoms with E-state index in [9.17, 15) is 5.11 Å². The minimum atomic E-state index is -1.48. The minimum Gasteiger partial charge on any atom is -0.423 e. The second-order valence-electron chi connectivity index (χ2n) is 3.31. The van der Waals surface area contributed by atoms with Crippen LogP contribution in [0.25, 0.3) is 0 Å². The minimum absolute atomic E-state index is 0.429. The van der Waals surface area contributed by atoms with E-state index in [-0.39, 0.29) is 0 Å². The van der Waals surface area contributed by atoms with Crippen LogP contribution in [0.15, 0.2) is 10.8 Å². The molecule has 0 spiro atoms. The third-order valence-corrected chi connectivity index (χ3v) is 2.97. The summed E-state index contributed by atoms with van der Waals surface area (Å²) in [5.74, 6) is 0. The van der Waals surface area contributed by atoms with E-state index in [0.717, 1.165) is 12.8 Å². The lowest BCUT2D eigenvalue weighted by Gasteiger charge is -2.10. The molecule has 1 atom stereocenters. The first kappa shape index (κ1) is 11.7. The van der Waals surface area contributed by atoms with E-state index < -0.39 is 13.2 Å². The molecule has 0 fully saturated rings. The van der Waals surface area contributed by atoms with Crippen molar-refractivity contribution in [1.29, 1.82) is 0 Å². The summed E-state index contributed by atoms with van der Waals surface area (Å²) in [5, 5.41) is 31.2. The summed E-state index contributed by atoms with van der Waals surface area (Å²) in [6, 6.07) is 0. The van der Waals surface area contributed by atoms with Crippen LogP contribution in [0.5, 0.6) is 0 Å². The molecule has 1 aromatic rings. The molecule has 0 amide bonds. The molecule has 0 aliphatic heterocycles. The number of unbranched alkanes of at least 4 members (excludes halogenated alkanes) is 1. The van der Waals surface area contributed by atoms with Crippen molar-refractivity contribution in [3.63, 3.8) is 0 Å². The average Bonchev–Trinajstić information content (AvgIpc) is 2.62. The maximum Gasteiger partial charge on any atom is 0.489 e. The number of thiophene rings is 1. The smallest absolute Gasteiger partial charge is 0.423 e. The molecule has 0 radical (unpaired) electrons. The topological polar surface area (TPSA) is 60.7 Å². The van der Waals surface area contributed by atoms with Gasteiger partial charge >= 0.3 is 7.12 Å². The molecular formula is C9H15BO3S. The van der Waals surface area contributed by atoms with Gasteiger partial charge in [-0.15, -0.1) is 0 Å². The predicted molar refractivity (Wildman–Crippen MR) is 58.6 cm³/mol. The SMILES string of the molecule is CCCC[C@@H](O)c1cscc1B(O)O. The summed E-state index contributed by atoms with van der Waals surface area (Å²) >= 11 is 1.38. The molecule has 0 saturated heterocycles. The van der Waals surface area contributed by atoms with E-state index in [2.05, 4.69) is 6.92 Å². The molecule has 0 unspecified atom stereocenters. The van der Waals surface area contributed by atoms with Gasteiger partial charge in [0.15, 0.2) is 0 Å². The highest BCUT2D eigenvalue weighted by atomic mass is 32.1. The maximum absolute atomic E-state index is 9.75. The van der Waals surface area contributed by atoms with Crippen LogP contribution in [0, 0.1) is 0 Å². The van der Waals surface area contributed by atoms with E-state index in [1.807, 2.05) is 0 Å². The van der Waals surface area contributed by atoms with E-state index >= 15 is 0 Å². The molecule has 5 heteroatoms. The van der Waals surface area contributed by atoms with Crippen LogP contribution < -0.4 is 5.46 Å². The fourth-order valence-corrected chi connectivity index (χ4v) is 2.26. The first-order valence-electron chi connectivity index (χ1n) is 4.77. The number of hydrogen-bond acceptors (Lipinski definition) is 4. The Bertz CT molecular complexity index is 275. The summed E-state index contributed by atoms with van der Waals surface area (Å²) in [4.78, 5) is 0. The van der Waals surface area contributed by atoms with Crippen molar-refractivity contribution in [1.82, 2.24) is 0 Å². The summed E-state index contributed by atoms with van der Waals surface area (Å²) in [6.45, 7) is 2.06. The first-order valence-corrected chi connectivity index (χ1v) is 5.71. The van der Waals surface area contributed by atoms with Crippen LogP contribution in [0.2, 0.25) is 0 Å². The molecule has 1 rings (SSSR count). The number of aliphatic hydroxyl groups excluding tert-OH is 1. The second kappa shape index (κ2) is 5.51. The van der Waals surface area contributed by atoms with Gasteiger partial charge in [-0.05, 0) is 28.2 Å². The summed E-state index contributed by atoms with van der Waals surface area (Å²) < 4.78 is 0. The molecule has 0 bridgehead atoms. The normalized spacial score (nSPS) is 12.9. The van der Waals surface area contributed by atoms with Gasteiger partial charge < -0.3 is 15.2 Å². The van der Waals surface area contributed by atoms with Gasteiger partial charge in [-0.1, -0.05) is 19.8 Å². The summed E-state index contributed by atoms with van der Waals surface area (Å²) in [5.41, 5.74) is 1.08. The Morgan fingerprint density at radius 3 is 2.71 bits per heavy atom. The second-order valence-corrected chi connectivity index (χ2v) is 4.06. The van der Waals surface area contributed by atoms with Gasteiger partial charge in [-0.2, -0.15) is 11.3 Å². The zero-order chi connectivity index (χ0) is 10.6. The van der Waals surface area contributed by atoms with E-state index in [0.29, 0.717) is 17.4 Å². The van der Waals surface area contributed by atoms with E-state index in [1.54, 1.807) is 10.8 Å². The fourth-order valence-electron chi connectivity index (χ4n) is 1.35. The van der Waals surface area contributed by atoms with E-state index in [1.165, 1.54) is 11.3 Å². The number of aliphatic hydroxyl groups is 1. The molecule has 1 aromatic heterocycles. The number of hydrogen-bond donors (Lipinski definition) is 3. The lowest BCUT2D eigenvalue weighted by atomic mass is 9.78. The zero-order valence-corrected chi connectivity index (χ0v) is 9.00. The molecule has 1 heterocycles. The van der Waals surface area contributed by atoms with Gasteiger partial charge in [-0.3, -0.25) is 0 Å². The first-order chi connectivity index (χ1) is 6.66. The highest BCUT2D eigenvalue weighted by Crippen LogP contribution is 2.20. The Morgan fingerprint density at radius 2 is 2.14 bits per heavy atom. The Balaban J connectivity index is 2.68. The maximum atomic E-state index is 9.75. The van der Waals surface area contributed by atoms with Gasteiger partial charge in [0.1, 0.15) is 0 Å². The Labute approximate surface area is 88.2 Å². The third kappa shape index (κ3) is 2.82. The standard InChI is InChI=1S/C9H15BO3S/c1-2-3-4-9(11)7-5-14-6-8(7)10(12)13/h5-6,9,11-13H,2-4H2,1H3/t9-/m1/s1. The lowest BCUT2D eigenvalue weighted by Crippen LogP contribution is -2.32. The van der Waals surface area contributed by atoms with Crippen molar-refractivity contribution in [2.24, 2.45) is 0 Å². The summed E-state index contributed by atoms with van der Waals surface area (Å²) in [6.07, 6.45) is 2.07. The van der Waals surface area contributed by atoms with Crippen molar-refractivity contribution in [2.75, 3.05) is 0 Å². The molecule has 0 aliphatic carbocycles. The predicted octanol–water partition coefficient (Wildman–Crippen LogP) is 0.651. The van der Waals surface area contributed by atoms with Crippen LogP contribution >= 0.6 is 11.3 Å². The molecule has 78 valence electrons. The highest BCUT2D eigenvalue weighted by Gasteiger charge is 2.21. The van der Waals surface area contributed by atoms with Crippen molar-refractivity contribution in [3.05, 3.63) is 16.3 Å². The molecular weight excluding hydrogens is 199 g/mol. The van der Waals surface area contributed by atoms with Crippen LogP contribution in [0.3, 0.4) is 0 Å². The fraction of sp³-hybridized carbons (Fsp3) is 0.556. The molecule has 0 aliphatic rings. The highest BCUT2D eigenvalue weighted by molar-refractivity contribution is 7.09. The quantitative estimate of drug-likeness (QED) is 0.630. The van der Waals surface area contributed by atoms with E-state index in [4.69, 9.17) is 10.0 Å². The summed E-state index contributed by atoms with van der Waals surface area (Å²) in [7, 11) is -1.48. The Hall–Kier alpha value is -0.355. The van der Waals surface area contributed by atoms with Gasteiger partial charge in [0.05, 0.1) is 6.10 Å². The monoisotopic (exact) mass is 214 g/mol. The third-order valence-electron chi connectivity index (χ3n) is 2.19. The van der Waals surface area contributed by atoms with Crippen LogP contribution in [0.4, 0.5) is 0 Å². The molecule has 0 aromatic carbocycles.